The number of hydrogen-bond acceptors (Lipinski definition) is 4. The van der Waals surface area contributed by atoms with Gasteiger partial charge in [0.05, 0.1) is 18.2 Å². The number of aromatic nitrogens is 1. The zero-order chi connectivity index (χ0) is 15.7. The molecule has 6 nitrogen and oxygen atoms in total. The van der Waals surface area contributed by atoms with Crippen LogP contribution in [0.3, 0.4) is 0 Å². The van der Waals surface area contributed by atoms with Crippen molar-refractivity contribution in [3.8, 4) is 0 Å². The first-order valence-corrected chi connectivity index (χ1v) is 7.12. The van der Waals surface area contributed by atoms with Crippen molar-refractivity contribution in [3.05, 3.63) is 36.0 Å². The summed E-state index contributed by atoms with van der Waals surface area (Å²) in [4.78, 5) is 41.1. The van der Waals surface area contributed by atoms with Gasteiger partial charge in [-0.2, -0.15) is 0 Å². The van der Waals surface area contributed by atoms with Gasteiger partial charge in [-0.3, -0.25) is 9.59 Å². The summed E-state index contributed by atoms with van der Waals surface area (Å²) in [5.74, 6) is -1.74. The van der Waals surface area contributed by atoms with E-state index >= 15 is 0 Å². The first-order chi connectivity index (χ1) is 10.6. The topological polar surface area (TPSA) is 79.5 Å². The molecular formula is C16H16N2O4. The number of ether oxygens (including phenoxy) is 1. The Morgan fingerprint density at radius 1 is 1.27 bits per heavy atom. The number of H-pyrrole nitrogens is 1. The van der Waals surface area contributed by atoms with Crippen molar-refractivity contribution in [2.45, 2.75) is 18.9 Å². The van der Waals surface area contributed by atoms with E-state index in [0.717, 1.165) is 5.39 Å². The number of rotatable bonds is 3. The lowest BCUT2D eigenvalue weighted by molar-refractivity contribution is -0.149. The molecule has 0 spiro atoms. The van der Waals surface area contributed by atoms with Crippen LogP contribution in [0.5, 0.6) is 0 Å². The predicted molar refractivity (Wildman–Crippen MR) is 79.4 cm³/mol. The van der Waals surface area contributed by atoms with E-state index in [9.17, 15) is 14.4 Å². The lowest BCUT2D eigenvalue weighted by atomic mass is 10.1. The van der Waals surface area contributed by atoms with Crippen LogP contribution in [0.1, 0.15) is 23.2 Å². The molecule has 1 aliphatic rings. The van der Waals surface area contributed by atoms with E-state index in [1.807, 2.05) is 12.1 Å². The molecule has 1 N–H and O–H groups in total. The normalized spacial score (nSPS) is 17.7. The number of benzene rings is 1. The van der Waals surface area contributed by atoms with E-state index in [4.69, 9.17) is 4.74 Å². The second kappa shape index (κ2) is 5.63. The maximum Gasteiger partial charge on any atom is 0.328 e. The van der Waals surface area contributed by atoms with Gasteiger partial charge in [0.15, 0.2) is 0 Å². The third kappa shape index (κ3) is 2.26. The number of fused-ring (bicyclic) bond motifs is 1. The highest BCUT2D eigenvalue weighted by atomic mass is 16.5. The monoisotopic (exact) mass is 300 g/mol. The van der Waals surface area contributed by atoms with Gasteiger partial charge in [0, 0.05) is 18.1 Å². The Morgan fingerprint density at radius 2 is 2.09 bits per heavy atom. The van der Waals surface area contributed by atoms with Gasteiger partial charge in [0.1, 0.15) is 6.04 Å². The summed E-state index contributed by atoms with van der Waals surface area (Å²) in [5, 5.41) is 0.865. The van der Waals surface area contributed by atoms with E-state index in [2.05, 4.69) is 4.98 Å². The van der Waals surface area contributed by atoms with Gasteiger partial charge in [-0.25, -0.2) is 4.79 Å². The molecule has 1 aromatic heterocycles. The number of methoxy groups -OCH3 is 1. The minimum Gasteiger partial charge on any atom is -0.467 e. The molecule has 1 saturated heterocycles. The largest absolute Gasteiger partial charge is 0.467 e. The minimum atomic E-state index is -0.663. The molecule has 2 aromatic rings. The minimum absolute atomic E-state index is 0.322. The molecule has 3 rings (SSSR count). The maximum atomic E-state index is 12.5. The number of likely N-dealkylation sites (tertiary alicyclic amines) is 1. The number of amides is 1. The number of nitrogens with zero attached hydrogens (tertiary/aromatic N) is 1. The maximum absolute atomic E-state index is 12.5. The number of carbonyl (C=O) groups is 3. The van der Waals surface area contributed by atoms with Crippen molar-refractivity contribution in [1.29, 1.82) is 0 Å². The van der Waals surface area contributed by atoms with Gasteiger partial charge < -0.3 is 14.6 Å². The lowest BCUT2D eigenvalue weighted by Crippen LogP contribution is -2.44. The predicted octanol–water partition coefficient (Wildman–Crippen LogP) is 1.51. The van der Waals surface area contributed by atoms with E-state index in [1.54, 1.807) is 18.3 Å². The summed E-state index contributed by atoms with van der Waals surface area (Å²) in [6, 6.07) is 6.38. The van der Waals surface area contributed by atoms with Gasteiger partial charge in [0.25, 0.3) is 11.7 Å². The van der Waals surface area contributed by atoms with Crippen molar-refractivity contribution in [1.82, 2.24) is 9.88 Å². The Labute approximate surface area is 127 Å². The molecule has 22 heavy (non-hydrogen) atoms. The molecule has 0 bridgehead atoms. The van der Waals surface area contributed by atoms with Crippen molar-refractivity contribution in [3.63, 3.8) is 0 Å². The Kier molecular flexibility index (Phi) is 3.66. The second-order valence-corrected chi connectivity index (χ2v) is 5.26. The average molecular weight is 300 g/mol. The molecule has 0 radical (unpaired) electrons. The zero-order valence-corrected chi connectivity index (χ0v) is 12.2. The van der Waals surface area contributed by atoms with Crippen LogP contribution in [-0.2, 0) is 14.3 Å². The van der Waals surface area contributed by atoms with Crippen LogP contribution < -0.4 is 0 Å². The van der Waals surface area contributed by atoms with Crippen LogP contribution in [0.15, 0.2) is 30.5 Å². The van der Waals surface area contributed by atoms with Crippen molar-refractivity contribution in [2.75, 3.05) is 13.7 Å². The molecule has 1 aliphatic heterocycles. The molecule has 114 valence electrons. The van der Waals surface area contributed by atoms with Crippen LogP contribution in [-0.4, -0.2) is 47.2 Å². The molecule has 0 saturated carbocycles. The molecule has 2 heterocycles. The number of para-hydroxylation sites is 1. The van der Waals surface area contributed by atoms with Gasteiger partial charge in [-0.05, 0) is 25.0 Å². The number of hydrogen-bond donors (Lipinski definition) is 1. The first kappa shape index (κ1) is 14.3. The lowest BCUT2D eigenvalue weighted by Gasteiger charge is -2.21. The number of nitrogens with one attached hydrogen (secondary N) is 1. The van der Waals surface area contributed by atoms with Gasteiger partial charge >= 0.3 is 5.97 Å². The summed E-state index contributed by atoms with van der Waals surface area (Å²) in [7, 11) is 1.28. The highest BCUT2D eigenvalue weighted by Gasteiger charge is 2.38. The number of carbonyl (C=O) groups excluding carboxylic acids is 3. The fourth-order valence-corrected chi connectivity index (χ4v) is 2.91. The van der Waals surface area contributed by atoms with Crippen LogP contribution in [0.2, 0.25) is 0 Å². The summed E-state index contributed by atoms with van der Waals surface area (Å²) in [6.45, 7) is 0.394. The molecule has 1 amide bonds. The van der Waals surface area contributed by atoms with Crippen molar-refractivity contribution >= 4 is 28.6 Å². The molecule has 1 unspecified atom stereocenters. The first-order valence-electron chi connectivity index (χ1n) is 7.12. The van der Waals surface area contributed by atoms with Crippen LogP contribution in [0.4, 0.5) is 0 Å². The highest BCUT2D eigenvalue weighted by molar-refractivity contribution is 6.45. The van der Waals surface area contributed by atoms with Crippen molar-refractivity contribution < 1.29 is 19.1 Å². The highest BCUT2D eigenvalue weighted by Crippen LogP contribution is 2.22. The number of ketones is 1. The smallest absolute Gasteiger partial charge is 0.328 e. The summed E-state index contributed by atoms with van der Waals surface area (Å²) in [5.41, 5.74) is 0.956. The Balaban J connectivity index is 1.90. The Hall–Kier alpha value is -2.63. The van der Waals surface area contributed by atoms with Crippen LogP contribution in [0.25, 0.3) is 10.9 Å². The second-order valence-electron chi connectivity index (χ2n) is 5.26. The Morgan fingerprint density at radius 3 is 2.86 bits per heavy atom. The van der Waals surface area contributed by atoms with Gasteiger partial charge in [0.2, 0.25) is 0 Å². The van der Waals surface area contributed by atoms with Gasteiger partial charge in [-0.15, -0.1) is 0 Å². The Bertz CT molecular complexity index is 749. The van der Waals surface area contributed by atoms with Crippen molar-refractivity contribution in [2.24, 2.45) is 0 Å². The van der Waals surface area contributed by atoms with Crippen LogP contribution in [0, 0.1) is 0 Å². The van der Waals surface area contributed by atoms with E-state index < -0.39 is 23.7 Å². The number of aromatic amines is 1. The third-order valence-electron chi connectivity index (χ3n) is 4.01. The molecule has 1 fully saturated rings. The van der Waals surface area contributed by atoms with Crippen LogP contribution >= 0.6 is 0 Å². The molecule has 1 aromatic carbocycles. The zero-order valence-electron chi connectivity index (χ0n) is 12.2. The molecule has 1 atom stereocenters. The summed E-state index contributed by atoms with van der Waals surface area (Å²) >= 11 is 0. The molecule has 6 heteroatoms. The quantitative estimate of drug-likeness (QED) is 0.529. The standard InChI is InChI=1S/C16H16N2O4/c1-22-16(21)12-6-3-9-18(12)15(20)14(19)11-5-2-4-10-7-8-17-13(10)11/h2,4-5,7-8,12,17H,3,6,9H2,1H3. The fourth-order valence-electron chi connectivity index (χ4n) is 2.91. The SMILES string of the molecule is COC(=O)C1CCCN1C(=O)C(=O)c1cccc2cc[nH]c12. The molecular weight excluding hydrogens is 284 g/mol. The van der Waals surface area contributed by atoms with E-state index in [1.165, 1.54) is 12.0 Å². The molecule has 0 aliphatic carbocycles. The van der Waals surface area contributed by atoms with E-state index in [0.29, 0.717) is 30.5 Å². The summed E-state index contributed by atoms with van der Waals surface area (Å²) < 4.78 is 4.71. The fraction of sp³-hybridized carbons (Fsp3) is 0.312. The van der Waals surface area contributed by atoms with E-state index in [-0.39, 0.29) is 0 Å². The number of esters is 1. The van der Waals surface area contributed by atoms with Gasteiger partial charge in [-0.1, -0.05) is 12.1 Å². The average Bonchev–Trinajstić information content (AvgIpc) is 3.20. The number of Topliss-reactive ketones (excluding diaryl/α,β-unsaturated/α-hetero) is 1. The third-order valence-corrected chi connectivity index (χ3v) is 4.01. The summed E-state index contributed by atoms with van der Waals surface area (Å²) in [6.07, 6.45) is 2.93.